The second-order valence-corrected chi connectivity index (χ2v) is 8.67. The molecular formula is C22H44O3. The topological polar surface area (TPSA) is 38.7 Å². The third-order valence-corrected chi connectivity index (χ3v) is 5.65. The molecule has 1 aliphatic heterocycles. The first kappa shape index (κ1) is 22.9. The van der Waals surface area contributed by atoms with Gasteiger partial charge in [-0.15, -0.1) is 0 Å². The van der Waals surface area contributed by atoms with Gasteiger partial charge in [-0.05, 0) is 20.3 Å². The largest absolute Gasteiger partial charge is 0.393 e. The fraction of sp³-hybridized carbons (Fsp3) is 1.00. The van der Waals surface area contributed by atoms with Crippen molar-refractivity contribution in [1.82, 2.24) is 0 Å². The van der Waals surface area contributed by atoms with Crippen LogP contribution in [0.3, 0.4) is 0 Å². The molecule has 1 heterocycles. The summed E-state index contributed by atoms with van der Waals surface area (Å²) in [6.07, 6.45) is 14.1. The van der Waals surface area contributed by atoms with Crippen LogP contribution in [0.1, 0.15) is 105 Å². The minimum Gasteiger partial charge on any atom is -0.393 e. The summed E-state index contributed by atoms with van der Waals surface area (Å²) in [5.74, 6) is -0.0235. The molecule has 0 bridgehead atoms. The number of hydrogen-bond acceptors (Lipinski definition) is 3. The van der Waals surface area contributed by atoms with Gasteiger partial charge in [-0.3, -0.25) is 0 Å². The molecule has 1 saturated heterocycles. The predicted molar refractivity (Wildman–Crippen MR) is 106 cm³/mol. The smallest absolute Gasteiger partial charge is 0.163 e. The first-order valence-electron chi connectivity index (χ1n) is 10.9. The lowest BCUT2D eigenvalue weighted by atomic mass is 9.86. The third-order valence-electron chi connectivity index (χ3n) is 5.65. The number of hydrogen-bond donors (Lipinski definition) is 1. The quantitative estimate of drug-likeness (QED) is 0.406. The van der Waals surface area contributed by atoms with Crippen LogP contribution in [-0.2, 0) is 9.47 Å². The lowest BCUT2D eigenvalue weighted by Gasteiger charge is -2.43. The van der Waals surface area contributed by atoms with Crippen molar-refractivity contribution >= 4 is 0 Å². The zero-order chi connectivity index (χ0) is 18.7. The van der Waals surface area contributed by atoms with Gasteiger partial charge in [0.2, 0.25) is 0 Å². The van der Waals surface area contributed by atoms with Crippen molar-refractivity contribution in [2.24, 2.45) is 11.8 Å². The normalized spacial score (nSPS) is 25.7. The maximum Gasteiger partial charge on any atom is 0.163 e. The molecule has 0 aliphatic carbocycles. The van der Waals surface area contributed by atoms with E-state index in [-0.39, 0.29) is 18.1 Å². The molecule has 0 aromatic rings. The summed E-state index contributed by atoms with van der Waals surface area (Å²) < 4.78 is 11.8. The van der Waals surface area contributed by atoms with Crippen LogP contribution in [0.25, 0.3) is 0 Å². The Balaban J connectivity index is 2.10. The lowest BCUT2D eigenvalue weighted by molar-refractivity contribution is -0.303. The zero-order valence-corrected chi connectivity index (χ0v) is 17.6. The van der Waals surface area contributed by atoms with E-state index in [2.05, 4.69) is 20.8 Å². The van der Waals surface area contributed by atoms with E-state index in [1.54, 1.807) is 0 Å². The SMILES string of the molecule is CCCCCCCCCCCC[C@@H](O)[C@H](C)[C@H]1OC(C)(C)OC[C@@H]1C. The van der Waals surface area contributed by atoms with Crippen molar-refractivity contribution in [2.75, 3.05) is 6.61 Å². The Bertz CT molecular complexity index is 329. The van der Waals surface area contributed by atoms with Crippen LogP contribution < -0.4 is 0 Å². The molecule has 150 valence electrons. The average Bonchev–Trinajstić information content (AvgIpc) is 2.58. The molecule has 0 aromatic heterocycles. The summed E-state index contributed by atoms with van der Waals surface area (Å²) >= 11 is 0. The highest BCUT2D eigenvalue weighted by atomic mass is 16.7. The van der Waals surface area contributed by atoms with Gasteiger partial charge in [-0.1, -0.05) is 85.0 Å². The van der Waals surface area contributed by atoms with Gasteiger partial charge in [0.25, 0.3) is 0 Å². The van der Waals surface area contributed by atoms with Crippen LogP contribution in [-0.4, -0.2) is 29.7 Å². The van der Waals surface area contributed by atoms with E-state index in [0.717, 1.165) is 12.8 Å². The molecule has 1 rings (SSSR count). The van der Waals surface area contributed by atoms with Gasteiger partial charge >= 0.3 is 0 Å². The van der Waals surface area contributed by atoms with Crippen LogP contribution in [0.4, 0.5) is 0 Å². The van der Waals surface area contributed by atoms with E-state index in [4.69, 9.17) is 9.47 Å². The van der Waals surface area contributed by atoms with Gasteiger partial charge in [0.15, 0.2) is 5.79 Å². The van der Waals surface area contributed by atoms with Crippen LogP contribution in [0.15, 0.2) is 0 Å². The summed E-state index contributed by atoms with van der Waals surface area (Å²) in [5.41, 5.74) is 0. The molecule has 1 fully saturated rings. The molecular weight excluding hydrogens is 312 g/mol. The number of unbranched alkanes of at least 4 members (excludes halogenated alkanes) is 9. The highest BCUT2D eigenvalue weighted by molar-refractivity contribution is 4.82. The van der Waals surface area contributed by atoms with Crippen LogP contribution in [0.5, 0.6) is 0 Å². The molecule has 3 nitrogen and oxygen atoms in total. The Morgan fingerprint density at radius 3 is 2.04 bits per heavy atom. The number of rotatable bonds is 13. The second-order valence-electron chi connectivity index (χ2n) is 8.67. The standard InChI is InChI=1S/C22H44O3/c1-6-7-8-9-10-11-12-13-14-15-16-20(23)19(3)21-18(2)17-24-22(4,5)25-21/h18-21,23H,6-17H2,1-5H3/t18-,19-,20+,21-/m0/s1. The Hall–Kier alpha value is -0.120. The average molecular weight is 357 g/mol. The van der Waals surface area contributed by atoms with E-state index in [9.17, 15) is 5.11 Å². The molecule has 3 heteroatoms. The maximum atomic E-state index is 10.6. The Labute approximate surface area is 156 Å². The van der Waals surface area contributed by atoms with E-state index >= 15 is 0 Å². The van der Waals surface area contributed by atoms with E-state index in [0.29, 0.717) is 12.5 Å². The molecule has 25 heavy (non-hydrogen) atoms. The van der Waals surface area contributed by atoms with Crippen LogP contribution in [0, 0.1) is 11.8 Å². The Kier molecular flexibility index (Phi) is 11.3. The van der Waals surface area contributed by atoms with E-state index < -0.39 is 5.79 Å². The van der Waals surface area contributed by atoms with Gasteiger partial charge in [0, 0.05) is 11.8 Å². The maximum absolute atomic E-state index is 10.6. The van der Waals surface area contributed by atoms with Crippen molar-refractivity contribution < 1.29 is 14.6 Å². The first-order valence-corrected chi connectivity index (χ1v) is 10.9. The van der Waals surface area contributed by atoms with Crippen molar-refractivity contribution in [3.05, 3.63) is 0 Å². The summed E-state index contributed by atoms with van der Waals surface area (Å²) in [4.78, 5) is 0. The van der Waals surface area contributed by atoms with Crippen LogP contribution in [0.2, 0.25) is 0 Å². The number of ether oxygens (including phenoxy) is 2. The summed E-state index contributed by atoms with van der Waals surface area (Å²) in [7, 11) is 0. The fourth-order valence-corrected chi connectivity index (χ4v) is 3.85. The Morgan fingerprint density at radius 2 is 1.48 bits per heavy atom. The van der Waals surface area contributed by atoms with Crippen molar-refractivity contribution in [3.8, 4) is 0 Å². The molecule has 0 unspecified atom stereocenters. The molecule has 0 amide bonds. The van der Waals surface area contributed by atoms with Gasteiger partial charge in [0.1, 0.15) is 0 Å². The van der Waals surface area contributed by atoms with Crippen LogP contribution >= 0.6 is 0 Å². The van der Waals surface area contributed by atoms with Crippen molar-refractivity contribution in [3.63, 3.8) is 0 Å². The highest BCUT2D eigenvalue weighted by Gasteiger charge is 2.39. The predicted octanol–water partition coefficient (Wildman–Crippen LogP) is 6.08. The lowest BCUT2D eigenvalue weighted by Crippen LogP contribution is -2.49. The van der Waals surface area contributed by atoms with Gasteiger partial charge in [-0.25, -0.2) is 0 Å². The molecule has 0 saturated carbocycles. The zero-order valence-electron chi connectivity index (χ0n) is 17.6. The molecule has 0 radical (unpaired) electrons. The monoisotopic (exact) mass is 356 g/mol. The van der Waals surface area contributed by atoms with Gasteiger partial charge in [0.05, 0.1) is 18.8 Å². The molecule has 1 aliphatic rings. The first-order chi connectivity index (χ1) is 11.9. The Morgan fingerprint density at radius 1 is 0.960 bits per heavy atom. The van der Waals surface area contributed by atoms with E-state index in [1.165, 1.54) is 57.8 Å². The second kappa shape index (κ2) is 12.3. The fourth-order valence-electron chi connectivity index (χ4n) is 3.85. The molecule has 1 N–H and O–H groups in total. The highest BCUT2D eigenvalue weighted by Crippen LogP contribution is 2.32. The van der Waals surface area contributed by atoms with Crippen molar-refractivity contribution in [2.45, 2.75) is 123 Å². The van der Waals surface area contributed by atoms with E-state index in [1.807, 2.05) is 13.8 Å². The minimum absolute atomic E-state index is 0.0851. The van der Waals surface area contributed by atoms with Gasteiger partial charge in [-0.2, -0.15) is 0 Å². The van der Waals surface area contributed by atoms with Gasteiger partial charge < -0.3 is 14.6 Å². The minimum atomic E-state index is -0.526. The summed E-state index contributed by atoms with van der Waals surface area (Å²) in [6.45, 7) is 11.2. The molecule has 0 aromatic carbocycles. The molecule has 4 atom stereocenters. The molecule has 0 spiro atoms. The summed E-state index contributed by atoms with van der Waals surface area (Å²) in [5, 5.41) is 10.6. The van der Waals surface area contributed by atoms with Crippen molar-refractivity contribution in [1.29, 1.82) is 0 Å². The third kappa shape index (κ3) is 9.40. The number of aliphatic hydroxyl groups excluding tert-OH is 1. The summed E-state index contributed by atoms with van der Waals surface area (Å²) in [6, 6.07) is 0. The number of aliphatic hydroxyl groups is 1.